The zero-order valence-electron chi connectivity index (χ0n) is 15.5. The SMILES string of the molecule is Cc1ccn(-c2ccc3c(c2)OCO3)c(=O)c1C(=O)N1C[C@@H]2NCCO[C@H]2C1. The van der Waals surface area contributed by atoms with Crippen molar-refractivity contribution < 1.29 is 19.0 Å². The third kappa shape index (κ3) is 2.76. The molecule has 2 fully saturated rings. The summed E-state index contributed by atoms with van der Waals surface area (Å²) in [6.45, 7) is 4.42. The molecule has 0 unspecified atom stereocenters. The molecule has 1 aromatic heterocycles. The number of aromatic nitrogens is 1. The maximum atomic E-state index is 13.2. The standard InChI is InChI=1S/C20H21N3O5/c1-12-4-6-23(13-2-3-15-16(8-13)28-11-27-15)20(25)18(12)19(24)22-9-14-17(10-22)26-7-5-21-14/h2-4,6,8,14,17,21H,5,7,9-11H2,1H3/t14-,17-/m0/s1. The Morgan fingerprint density at radius 1 is 1.18 bits per heavy atom. The fraction of sp³-hybridized carbons (Fsp3) is 0.400. The lowest BCUT2D eigenvalue weighted by Crippen LogP contribution is -2.47. The molecular weight excluding hydrogens is 362 g/mol. The van der Waals surface area contributed by atoms with Gasteiger partial charge in [-0.2, -0.15) is 0 Å². The van der Waals surface area contributed by atoms with Gasteiger partial charge < -0.3 is 24.4 Å². The van der Waals surface area contributed by atoms with Gasteiger partial charge in [-0.1, -0.05) is 0 Å². The van der Waals surface area contributed by atoms with E-state index in [1.165, 1.54) is 4.57 Å². The Morgan fingerprint density at radius 3 is 2.89 bits per heavy atom. The fourth-order valence-electron chi connectivity index (χ4n) is 4.04. The monoisotopic (exact) mass is 383 g/mol. The van der Waals surface area contributed by atoms with E-state index >= 15 is 0 Å². The van der Waals surface area contributed by atoms with E-state index in [9.17, 15) is 9.59 Å². The minimum atomic E-state index is -0.340. The summed E-state index contributed by atoms with van der Waals surface area (Å²) in [5.74, 6) is 0.981. The largest absolute Gasteiger partial charge is 0.454 e. The molecule has 1 amide bonds. The highest BCUT2D eigenvalue weighted by molar-refractivity contribution is 5.95. The summed E-state index contributed by atoms with van der Waals surface area (Å²) in [5.41, 5.74) is 1.14. The van der Waals surface area contributed by atoms with Crippen LogP contribution in [-0.2, 0) is 4.74 Å². The molecule has 0 spiro atoms. The van der Waals surface area contributed by atoms with E-state index in [1.807, 2.05) is 0 Å². The molecule has 2 atom stereocenters. The molecule has 2 saturated heterocycles. The highest BCUT2D eigenvalue weighted by Gasteiger charge is 2.38. The molecule has 1 N–H and O–H groups in total. The van der Waals surface area contributed by atoms with E-state index in [2.05, 4.69) is 5.32 Å². The van der Waals surface area contributed by atoms with E-state index in [1.54, 1.807) is 42.3 Å². The second-order valence-corrected chi connectivity index (χ2v) is 7.27. The van der Waals surface area contributed by atoms with E-state index < -0.39 is 0 Å². The van der Waals surface area contributed by atoms with E-state index in [4.69, 9.17) is 14.2 Å². The number of nitrogens with zero attached hydrogens (tertiary/aromatic N) is 2. The summed E-state index contributed by atoms with van der Waals surface area (Å²) in [6.07, 6.45) is 1.67. The Bertz CT molecular complexity index is 988. The first-order chi connectivity index (χ1) is 13.6. The Morgan fingerprint density at radius 2 is 2.04 bits per heavy atom. The zero-order valence-corrected chi connectivity index (χ0v) is 15.5. The number of hydrogen-bond acceptors (Lipinski definition) is 6. The van der Waals surface area contributed by atoms with E-state index in [0.717, 1.165) is 6.54 Å². The first-order valence-corrected chi connectivity index (χ1v) is 9.38. The van der Waals surface area contributed by atoms with Crippen molar-refractivity contribution in [3.63, 3.8) is 0 Å². The molecule has 8 nitrogen and oxygen atoms in total. The zero-order chi connectivity index (χ0) is 19.3. The maximum absolute atomic E-state index is 13.2. The van der Waals surface area contributed by atoms with Crippen LogP contribution in [0.4, 0.5) is 0 Å². The van der Waals surface area contributed by atoms with Gasteiger partial charge in [0.05, 0.1) is 24.4 Å². The molecule has 3 aliphatic heterocycles. The topological polar surface area (TPSA) is 82.0 Å². The van der Waals surface area contributed by atoms with Crippen LogP contribution in [0.1, 0.15) is 15.9 Å². The number of carbonyl (C=O) groups excluding carboxylic acids is 1. The molecular formula is C20H21N3O5. The van der Waals surface area contributed by atoms with Gasteiger partial charge in [-0.3, -0.25) is 14.2 Å². The van der Waals surface area contributed by atoms with Crippen LogP contribution in [0.25, 0.3) is 5.69 Å². The predicted molar refractivity (Wildman–Crippen MR) is 100 cm³/mol. The van der Waals surface area contributed by atoms with E-state index in [-0.39, 0.29) is 36.0 Å². The number of fused-ring (bicyclic) bond motifs is 2. The Labute approximate surface area is 161 Å². The second-order valence-electron chi connectivity index (χ2n) is 7.27. The molecule has 28 heavy (non-hydrogen) atoms. The summed E-state index contributed by atoms with van der Waals surface area (Å²) < 4.78 is 18.0. The first-order valence-electron chi connectivity index (χ1n) is 9.38. The highest BCUT2D eigenvalue weighted by atomic mass is 16.7. The number of amides is 1. The molecule has 2 aromatic rings. The quantitative estimate of drug-likeness (QED) is 0.822. The number of carbonyl (C=O) groups is 1. The number of benzene rings is 1. The van der Waals surface area contributed by atoms with Crippen molar-refractivity contribution in [1.29, 1.82) is 0 Å². The van der Waals surface area contributed by atoms with Gasteiger partial charge in [-0.25, -0.2) is 0 Å². The molecule has 0 saturated carbocycles. The van der Waals surface area contributed by atoms with Gasteiger partial charge in [0.1, 0.15) is 5.56 Å². The Kier molecular flexibility index (Phi) is 4.10. The van der Waals surface area contributed by atoms with Crippen LogP contribution in [0.2, 0.25) is 0 Å². The maximum Gasteiger partial charge on any atom is 0.268 e. The van der Waals surface area contributed by atoms with Crippen LogP contribution in [0, 0.1) is 6.92 Å². The van der Waals surface area contributed by atoms with Crippen molar-refractivity contribution in [2.75, 3.05) is 33.0 Å². The van der Waals surface area contributed by atoms with Gasteiger partial charge in [0, 0.05) is 31.9 Å². The van der Waals surface area contributed by atoms with Crippen molar-refractivity contribution in [2.45, 2.75) is 19.1 Å². The molecule has 8 heteroatoms. The first kappa shape index (κ1) is 17.3. The van der Waals surface area contributed by atoms with Crippen molar-refractivity contribution >= 4 is 5.91 Å². The average molecular weight is 383 g/mol. The number of pyridine rings is 1. The van der Waals surface area contributed by atoms with Gasteiger partial charge in [0.25, 0.3) is 11.5 Å². The van der Waals surface area contributed by atoms with Crippen LogP contribution in [0.15, 0.2) is 35.3 Å². The lowest BCUT2D eigenvalue weighted by Gasteiger charge is -2.25. The molecule has 5 rings (SSSR count). The molecule has 0 radical (unpaired) electrons. The predicted octanol–water partition coefficient (Wildman–Crippen LogP) is 0.687. The molecule has 4 heterocycles. The number of rotatable bonds is 2. The normalized spacial score (nSPS) is 23.0. The minimum Gasteiger partial charge on any atom is -0.454 e. The summed E-state index contributed by atoms with van der Waals surface area (Å²) in [6, 6.07) is 7.20. The third-order valence-electron chi connectivity index (χ3n) is 5.54. The van der Waals surface area contributed by atoms with Crippen molar-refractivity contribution in [3.05, 3.63) is 51.9 Å². The summed E-state index contributed by atoms with van der Waals surface area (Å²) in [4.78, 5) is 28.1. The van der Waals surface area contributed by atoms with Crippen LogP contribution < -0.4 is 20.3 Å². The van der Waals surface area contributed by atoms with Crippen LogP contribution in [0.5, 0.6) is 11.5 Å². The number of hydrogen-bond donors (Lipinski definition) is 1. The smallest absolute Gasteiger partial charge is 0.268 e. The van der Waals surface area contributed by atoms with Crippen molar-refractivity contribution in [3.8, 4) is 17.2 Å². The number of aryl methyl sites for hydroxylation is 1. The Balaban J connectivity index is 1.49. The average Bonchev–Trinajstić information content (AvgIpc) is 3.34. The lowest BCUT2D eigenvalue weighted by molar-refractivity contribution is 0.0176. The minimum absolute atomic E-state index is 0.0159. The van der Waals surface area contributed by atoms with Crippen LogP contribution in [0.3, 0.4) is 0 Å². The van der Waals surface area contributed by atoms with Crippen molar-refractivity contribution in [1.82, 2.24) is 14.8 Å². The van der Waals surface area contributed by atoms with Gasteiger partial charge in [0.2, 0.25) is 6.79 Å². The van der Waals surface area contributed by atoms with Gasteiger partial charge in [-0.05, 0) is 30.7 Å². The number of likely N-dealkylation sites (tertiary alicyclic amines) is 1. The molecule has 3 aliphatic rings. The second kappa shape index (κ2) is 6.65. The summed E-state index contributed by atoms with van der Waals surface area (Å²) >= 11 is 0. The summed E-state index contributed by atoms with van der Waals surface area (Å²) in [5, 5.41) is 3.38. The van der Waals surface area contributed by atoms with Crippen molar-refractivity contribution in [2.24, 2.45) is 0 Å². The van der Waals surface area contributed by atoms with Crippen LogP contribution in [-0.4, -0.2) is 60.6 Å². The Hall–Kier alpha value is -2.84. The number of nitrogens with one attached hydrogen (secondary N) is 1. The van der Waals surface area contributed by atoms with Gasteiger partial charge in [-0.15, -0.1) is 0 Å². The third-order valence-corrected chi connectivity index (χ3v) is 5.54. The lowest BCUT2D eigenvalue weighted by atomic mass is 10.1. The van der Waals surface area contributed by atoms with Crippen LogP contribution >= 0.6 is 0 Å². The van der Waals surface area contributed by atoms with E-state index in [0.29, 0.717) is 42.4 Å². The fourth-order valence-corrected chi connectivity index (χ4v) is 4.04. The highest BCUT2D eigenvalue weighted by Crippen LogP contribution is 2.33. The number of morpholine rings is 1. The van der Waals surface area contributed by atoms with Gasteiger partial charge in [0.15, 0.2) is 11.5 Å². The summed E-state index contributed by atoms with van der Waals surface area (Å²) in [7, 11) is 0. The van der Waals surface area contributed by atoms with Gasteiger partial charge >= 0.3 is 0 Å². The molecule has 1 aromatic carbocycles. The molecule has 0 aliphatic carbocycles. The molecule has 0 bridgehead atoms. The number of ether oxygens (including phenoxy) is 3. The molecule has 146 valence electrons.